The van der Waals surface area contributed by atoms with E-state index in [-0.39, 0.29) is 10.5 Å². The third-order valence-corrected chi connectivity index (χ3v) is 9.52. The minimum Gasteiger partial charge on any atom is -0.478 e. The summed E-state index contributed by atoms with van der Waals surface area (Å²) in [5.74, 6) is -0.973. The molecule has 1 fully saturated rings. The van der Waals surface area contributed by atoms with Gasteiger partial charge in [-0.2, -0.15) is 5.26 Å². The summed E-state index contributed by atoms with van der Waals surface area (Å²) in [4.78, 5) is 18.5. The lowest BCUT2D eigenvalue weighted by Gasteiger charge is -2.40. The average molecular weight is 514 g/mol. The highest BCUT2D eigenvalue weighted by atomic mass is 32.2. The summed E-state index contributed by atoms with van der Waals surface area (Å²) in [7, 11) is -3.89. The van der Waals surface area contributed by atoms with Gasteiger partial charge in [-0.1, -0.05) is 73.5 Å². The Morgan fingerprint density at radius 2 is 1.68 bits per heavy atom. The van der Waals surface area contributed by atoms with E-state index in [2.05, 4.69) is 16.0 Å². The average Bonchev–Trinajstić information content (AvgIpc) is 3.54. The monoisotopic (exact) mass is 513 g/mol. The van der Waals surface area contributed by atoms with E-state index in [9.17, 15) is 23.6 Å². The quantitative estimate of drug-likeness (QED) is 0.479. The van der Waals surface area contributed by atoms with Crippen LogP contribution in [-0.4, -0.2) is 47.6 Å². The van der Waals surface area contributed by atoms with Crippen LogP contribution < -0.4 is 0 Å². The van der Waals surface area contributed by atoms with Crippen molar-refractivity contribution in [2.24, 2.45) is 4.99 Å². The minimum absolute atomic E-state index is 0.139. The van der Waals surface area contributed by atoms with Crippen LogP contribution in [0.15, 0.2) is 88.8 Å². The summed E-state index contributed by atoms with van der Waals surface area (Å²) in [6, 6.07) is 24.2. The van der Waals surface area contributed by atoms with Crippen LogP contribution in [0.3, 0.4) is 0 Å². The van der Waals surface area contributed by atoms with Gasteiger partial charge in [0, 0.05) is 6.54 Å². The van der Waals surface area contributed by atoms with E-state index in [0.29, 0.717) is 12.1 Å². The van der Waals surface area contributed by atoms with E-state index in [4.69, 9.17) is 0 Å². The van der Waals surface area contributed by atoms with E-state index in [0.717, 1.165) is 36.8 Å². The van der Waals surface area contributed by atoms with Gasteiger partial charge in [0.05, 0.1) is 28.4 Å². The molecule has 1 aliphatic carbocycles. The SMILES string of the molecule is N#CC(C1N=CN(Cc2ccc(-c3ccccc3C(=O)O)cc2)C12CCCC2)S(=O)(=O)c1ccccc1. The molecule has 8 heteroatoms. The number of benzene rings is 3. The predicted octanol–water partition coefficient (Wildman–Crippen LogP) is 4.94. The molecule has 1 heterocycles. The molecule has 1 aliphatic heterocycles. The third kappa shape index (κ3) is 4.40. The molecule has 3 aromatic rings. The number of sulfone groups is 1. The van der Waals surface area contributed by atoms with Crippen LogP contribution in [0.1, 0.15) is 41.6 Å². The number of carboxylic acid groups (broad SMARTS) is 1. The highest BCUT2D eigenvalue weighted by Gasteiger charge is 2.54. The third-order valence-electron chi connectivity index (χ3n) is 7.55. The van der Waals surface area contributed by atoms with Gasteiger partial charge in [-0.15, -0.1) is 0 Å². The summed E-state index contributed by atoms with van der Waals surface area (Å²) in [5.41, 5.74) is 2.17. The summed E-state index contributed by atoms with van der Waals surface area (Å²) >= 11 is 0. The molecule has 0 bridgehead atoms. The number of aromatic carboxylic acids is 1. The number of hydrogen-bond donors (Lipinski definition) is 1. The molecule has 0 radical (unpaired) electrons. The molecule has 1 spiro atoms. The first kappa shape index (κ1) is 24.7. The Morgan fingerprint density at radius 1 is 1.03 bits per heavy atom. The van der Waals surface area contributed by atoms with E-state index < -0.39 is 32.6 Å². The highest BCUT2D eigenvalue weighted by molar-refractivity contribution is 7.92. The zero-order valence-electron chi connectivity index (χ0n) is 20.2. The van der Waals surface area contributed by atoms with Crippen LogP contribution in [0.5, 0.6) is 0 Å². The molecule has 7 nitrogen and oxygen atoms in total. The Labute approximate surface area is 216 Å². The van der Waals surface area contributed by atoms with E-state index in [1.165, 1.54) is 12.1 Å². The van der Waals surface area contributed by atoms with Gasteiger partial charge >= 0.3 is 5.97 Å². The van der Waals surface area contributed by atoms with E-state index in [1.807, 2.05) is 30.3 Å². The normalized spacial score (nSPS) is 19.1. The van der Waals surface area contributed by atoms with Crippen molar-refractivity contribution in [3.63, 3.8) is 0 Å². The lowest BCUT2D eigenvalue weighted by Crippen LogP contribution is -2.54. The van der Waals surface area contributed by atoms with Crippen molar-refractivity contribution < 1.29 is 18.3 Å². The van der Waals surface area contributed by atoms with Gasteiger partial charge in [-0.3, -0.25) is 4.99 Å². The number of carbonyl (C=O) groups is 1. The lowest BCUT2D eigenvalue weighted by atomic mass is 9.85. The Balaban J connectivity index is 1.41. The van der Waals surface area contributed by atoms with Crippen LogP contribution in [0.4, 0.5) is 0 Å². The van der Waals surface area contributed by atoms with Gasteiger partial charge in [0.1, 0.15) is 6.04 Å². The molecular formula is C29H27N3O4S. The van der Waals surface area contributed by atoms with Crippen molar-refractivity contribution in [1.29, 1.82) is 5.26 Å². The molecule has 0 saturated heterocycles. The number of hydrogen-bond acceptors (Lipinski definition) is 6. The maximum atomic E-state index is 13.4. The van der Waals surface area contributed by atoms with Gasteiger partial charge in [-0.25, -0.2) is 13.2 Å². The summed E-state index contributed by atoms with van der Waals surface area (Å²) in [6.45, 7) is 0.518. The van der Waals surface area contributed by atoms with Crippen LogP contribution in [0.2, 0.25) is 0 Å². The van der Waals surface area contributed by atoms with Gasteiger partial charge < -0.3 is 10.0 Å². The van der Waals surface area contributed by atoms with Crippen molar-refractivity contribution in [2.45, 2.75) is 54.0 Å². The summed E-state index contributed by atoms with van der Waals surface area (Å²) in [5, 5.41) is 18.3. The minimum atomic E-state index is -3.89. The van der Waals surface area contributed by atoms with Crippen molar-refractivity contribution in [3.05, 3.63) is 90.0 Å². The molecule has 2 atom stereocenters. The van der Waals surface area contributed by atoms with Crippen molar-refractivity contribution in [2.75, 3.05) is 0 Å². The van der Waals surface area contributed by atoms with Gasteiger partial charge in [-0.05, 0) is 47.7 Å². The van der Waals surface area contributed by atoms with Gasteiger partial charge in [0.25, 0.3) is 0 Å². The molecule has 0 amide bonds. The van der Waals surface area contributed by atoms with Crippen molar-refractivity contribution in [3.8, 4) is 17.2 Å². The molecule has 3 aromatic carbocycles. The van der Waals surface area contributed by atoms with Crippen molar-refractivity contribution >= 4 is 22.1 Å². The zero-order valence-corrected chi connectivity index (χ0v) is 21.0. The largest absolute Gasteiger partial charge is 0.478 e. The Bertz CT molecular complexity index is 1470. The second kappa shape index (κ2) is 9.83. The fraction of sp³-hybridized carbons (Fsp3) is 0.276. The lowest BCUT2D eigenvalue weighted by molar-refractivity contribution is 0.0697. The standard InChI is InChI=1S/C29H27N3O4S/c30-18-26(37(35,36)23-8-2-1-3-9-23)27-29(16-6-7-17-29)32(20-31-27)19-21-12-14-22(15-13-21)24-10-4-5-11-25(24)28(33)34/h1-5,8-15,20,26-27H,6-7,16-17,19H2,(H,33,34). The van der Waals surface area contributed by atoms with E-state index in [1.54, 1.807) is 42.7 Å². The molecule has 2 aliphatic rings. The molecule has 1 saturated carbocycles. The number of carboxylic acids is 1. The maximum absolute atomic E-state index is 13.4. The van der Waals surface area contributed by atoms with Crippen LogP contribution in [0.25, 0.3) is 11.1 Å². The molecule has 2 unspecified atom stereocenters. The van der Waals surface area contributed by atoms with E-state index >= 15 is 0 Å². The fourth-order valence-corrected chi connectivity index (χ4v) is 7.31. The smallest absolute Gasteiger partial charge is 0.336 e. The van der Waals surface area contributed by atoms with Crippen LogP contribution >= 0.6 is 0 Å². The van der Waals surface area contributed by atoms with Gasteiger partial charge in [0.15, 0.2) is 15.1 Å². The second-order valence-electron chi connectivity index (χ2n) is 9.60. The Morgan fingerprint density at radius 3 is 2.32 bits per heavy atom. The highest BCUT2D eigenvalue weighted by Crippen LogP contribution is 2.45. The fourth-order valence-electron chi connectivity index (χ4n) is 5.68. The maximum Gasteiger partial charge on any atom is 0.336 e. The summed E-state index contributed by atoms with van der Waals surface area (Å²) < 4.78 is 26.9. The number of aliphatic imine (C=N–C) groups is 1. The Hall–Kier alpha value is -3.96. The first-order valence-corrected chi connectivity index (χ1v) is 13.8. The number of nitriles is 1. The topological polar surface area (TPSA) is 111 Å². The molecule has 188 valence electrons. The first-order valence-electron chi connectivity index (χ1n) is 12.3. The molecule has 0 aromatic heterocycles. The Kier molecular flexibility index (Phi) is 6.57. The second-order valence-corrected chi connectivity index (χ2v) is 11.7. The number of nitrogens with zero attached hydrogens (tertiary/aromatic N) is 3. The van der Waals surface area contributed by atoms with Crippen LogP contribution in [-0.2, 0) is 16.4 Å². The molecule has 1 N–H and O–H groups in total. The van der Waals surface area contributed by atoms with Crippen molar-refractivity contribution in [1.82, 2.24) is 4.90 Å². The molecule has 37 heavy (non-hydrogen) atoms. The predicted molar refractivity (Wildman–Crippen MR) is 141 cm³/mol. The zero-order chi connectivity index (χ0) is 26.0. The summed E-state index contributed by atoms with van der Waals surface area (Å²) in [6.07, 6.45) is 5.15. The van der Waals surface area contributed by atoms with Crippen LogP contribution in [0, 0.1) is 11.3 Å². The molecular weight excluding hydrogens is 486 g/mol. The van der Waals surface area contributed by atoms with Gasteiger partial charge in [0.2, 0.25) is 0 Å². The first-order chi connectivity index (χ1) is 17.9. The number of rotatable bonds is 7. The molecule has 5 rings (SSSR count).